The molecule has 2 aromatic carbocycles. The summed E-state index contributed by atoms with van der Waals surface area (Å²) in [4.78, 5) is 16.5. The van der Waals surface area contributed by atoms with Crippen molar-refractivity contribution in [2.45, 2.75) is 13.5 Å². The van der Waals surface area contributed by atoms with Crippen LogP contribution in [0.3, 0.4) is 0 Å². The molecule has 0 unspecified atom stereocenters. The predicted molar refractivity (Wildman–Crippen MR) is 105 cm³/mol. The highest BCUT2D eigenvalue weighted by Crippen LogP contribution is 2.28. The minimum Gasteiger partial charge on any atom is -0.493 e. The number of rotatable bonds is 7. The number of pyridine rings is 1. The molecule has 3 rings (SSSR count). The Morgan fingerprint density at radius 3 is 2.74 bits per heavy atom. The number of benzene rings is 2. The van der Waals surface area contributed by atoms with Gasteiger partial charge in [0.2, 0.25) is 0 Å². The summed E-state index contributed by atoms with van der Waals surface area (Å²) in [6.07, 6.45) is 3.06. The summed E-state index contributed by atoms with van der Waals surface area (Å²) >= 11 is 0. The summed E-state index contributed by atoms with van der Waals surface area (Å²) < 4.78 is 16.1. The maximum atomic E-state index is 12.0. The first-order valence-electron chi connectivity index (χ1n) is 8.70. The van der Waals surface area contributed by atoms with Crippen molar-refractivity contribution in [1.82, 2.24) is 4.98 Å². The van der Waals surface area contributed by atoms with E-state index in [1.165, 1.54) is 6.08 Å². The van der Waals surface area contributed by atoms with Crippen LogP contribution in [-0.2, 0) is 16.1 Å². The van der Waals surface area contributed by atoms with Crippen LogP contribution in [0.5, 0.6) is 11.5 Å². The Bertz CT molecular complexity index is 965. The lowest BCUT2D eigenvalue weighted by Crippen LogP contribution is -2.02. The monoisotopic (exact) mass is 363 g/mol. The lowest BCUT2D eigenvalue weighted by atomic mass is 10.2. The SMILES string of the molecule is CCOc1ccc(/C=C/C(=O)OCc2ccc3ccccc3n2)cc1OC. The Morgan fingerprint density at radius 2 is 1.93 bits per heavy atom. The third-order valence-corrected chi connectivity index (χ3v) is 3.92. The van der Waals surface area contributed by atoms with Gasteiger partial charge in [-0.15, -0.1) is 0 Å². The third-order valence-electron chi connectivity index (χ3n) is 3.92. The van der Waals surface area contributed by atoms with Crippen LogP contribution in [-0.4, -0.2) is 24.7 Å². The predicted octanol–water partition coefficient (Wildman–Crippen LogP) is 4.40. The van der Waals surface area contributed by atoms with E-state index in [9.17, 15) is 4.79 Å². The number of hydrogen-bond acceptors (Lipinski definition) is 5. The molecule has 1 aromatic heterocycles. The molecular formula is C22H21NO4. The normalized spacial score (nSPS) is 10.9. The Hall–Kier alpha value is -3.34. The molecule has 0 amide bonds. The van der Waals surface area contributed by atoms with Crippen LogP contribution >= 0.6 is 0 Å². The summed E-state index contributed by atoms with van der Waals surface area (Å²) in [5.74, 6) is 0.854. The molecule has 0 N–H and O–H groups in total. The second kappa shape index (κ2) is 8.85. The fourth-order valence-electron chi connectivity index (χ4n) is 2.61. The maximum absolute atomic E-state index is 12.0. The summed E-state index contributed by atoms with van der Waals surface area (Å²) in [6, 6.07) is 17.1. The van der Waals surface area contributed by atoms with Crippen LogP contribution in [0.2, 0.25) is 0 Å². The topological polar surface area (TPSA) is 57.7 Å². The van der Waals surface area contributed by atoms with Crippen LogP contribution in [0.25, 0.3) is 17.0 Å². The summed E-state index contributed by atoms with van der Waals surface area (Å²) in [5.41, 5.74) is 2.40. The van der Waals surface area contributed by atoms with Crippen molar-refractivity contribution < 1.29 is 19.0 Å². The van der Waals surface area contributed by atoms with E-state index in [0.717, 1.165) is 16.5 Å². The Kier molecular flexibility index (Phi) is 6.05. The van der Waals surface area contributed by atoms with E-state index in [4.69, 9.17) is 14.2 Å². The molecule has 0 bridgehead atoms. The highest BCUT2D eigenvalue weighted by Gasteiger charge is 2.05. The standard InChI is InChI=1S/C22H21NO4/c1-3-26-20-12-8-16(14-21(20)25-2)9-13-22(24)27-15-18-11-10-17-6-4-5-7-19(17)23-18/h4-14H,3,15H2,1-2H3/b13-9+. The van der Waals surface area contributed by atoms with Crippen molar-refractivity contribution in [3.05, 3.63) is 71.9 Å². The summed E-state index contributed by atoms with van der Waals surface area (Å²) in [6.45, 7) is 2.59. The average Bonchev–Trinajstić information content (AvgIpc) is 2.71. The number of hydrogen-bond donors (Lipinski definition) is 0. The van der Waals surface area contributed by atoms with Gasteiger partial charge in [0.25, 0.3) is 0 Å². The number of carbonyl (C=O) groups is 1. The van der Waals surface area contributed by atoms with Crippen LogP contribution in [0.4, 0.5) is 0 Å². The molecule has 3 aromatic rings. The minimum atomic E-state index is -0.433. The molecule has 0 aliphatic carbocycles. The molecule has 1 heterocycles. The van der Waals surface area contributed by atoms with E-state index < -0.39 is 5.97 Å². The van der Waals surface area contributed by atoms with Crippen molar-refractivity contribution in [1.29, 1.82) is 0 Å². The van der Waals surface area contributed by atoms with Gasteiger partial charge >= 0.3 is 5.97 Å². The number of esters is 1. The van der Waals surface area contributed by atoms with Crippen molar-refractivity contribution in [2.75, 3.05) is 13.7 Å². The molecular weight excluding hydrogens is 342 g/mol. The number of fused-ring (bicyclic) bond motifs is 1. The molecule has 5 heteroatoms. The van der Waals surface area contributed by atoms with Gasteiger partial charge in [-0.3, -0.25) is 0 Å². The Morgan fingerprint density at radius 1 is 1.07 bits per heavy atom. The highest BCUT2D eigenvalue weighted by molar-refractivity contribution is 5.87. The number of methoxy groups -OCH3 is 1. The van der Waals surface area contributed by atoms with E-state index in [0.29, 0.717) is 23.8 Å². The first-order valence-corrected chi connectivity index (χ1v) is 8.70. The zero-order chi connectivity index (χ0) is 19.1. The lowest BCUT2D eigenvalue weighted by Gasteiger charge is -2.09. The second-order valence-corrected chi connectivity index (χ2v) is 5.78. The smallest absolute Gasteiger partial charge is 0.331 e. The zero-order valence-electron chi connectivity index (χ0n) is 15.3. The van der Waals surface area contributed by atoms with E-state index >= 15 is 0 Å². The largest absolute Gasteiger partial charge is 0.493 e. The number of ether oxygens (including phenoxy) is 3. The van der Waals surface area contributed by atoms with E-state index in [1.807, 2.05) is 55.5 Å². The van der Waals surface area contributed by atoms with Gasteiger partial charge in [-0.1, -0.05) is 30.3 Å². The van der Waals surface area contributed by atoms with Gasteiger partial charge in [-0.05, 0) is 42.8 Å². The van der Waals surface area contributed by atoms with E-state index in [-0.39, 0.29) is 6.61 Å². The summed E-state index contributed by atoms with van der Waals surface area (Å²) in [5, 5.41) is 1.05. The second-order valence-electron chi connectivity index (χ2n) is 5.78. The molecule has 5 nitrogen and oxygen atoms in total. The molecule has 0 saturated heterocycles. The van der Waals surface area contributed by atoms with Crippen molar-refractivity contribution in [3.8, 4) is 11.5 Å². The molecule has 0 radical (unpaired) electrons. The molecule has 0 fully saturated rings. The number of aromatic nitrogens is 1. The van der Waals surface area contributed by atoms with Gasteiger partial charge in [0.05, 0.1) is 24.9 Å². The van der Waals surface area contributed by atoms with Gasteiger partial charge in [0.15, 0.2) is 11.5 Å². The molecule has 0 aliphatic heterocycles. The van der Waals surface area contributed by atoms with Crippen molar-refractivity contribution in [3.63, 3.8) is 0 Å². The number of carbonyl (C=O) groups excluding carboxylic acids is 1. The van der Waals surface area contributed by atoms with Gasteiger partial charge < -0.3 is 14.2 Å². The first kappa shape index (κ1) is 18.5. The van der Waals surface area contributed by atoms with Gasteiger partial charge in [0.1, 0.15) is 6.61 Å². The molecule has 0 atom stereocenters. The minimum absolute atomic E-state index is 0.126. The van der Waals surface area contributed by atoms with Crippen LogP contribution in [0, 0.1) is 0 Å². The van der Waals surface area contributed by atoms with Gasteiger partial charge in [-0.25, -0.2) is 9.78 Å². The van der Waals surface area contributed by atoms with E-state index in [1.54, 1.807) is 19.3 Å². The Balaban J connectivity index is 1.61. The molecule has 0 spiro atoms. The highest BCUT2D eigenvalue weighted by atomic mass is 16.5. The Labute approximate surface area is 158 Å². The molecule has 0 saturated carbocycles. The fourth-order valence-corrected chi connectivity index (χ4v) is 2.61. The zero-order valence-corrected chi connectivity index (χ0v) is 15.3. The quantitative estimate of drug-likeness (QED) is 0.460. The van der Waals surface area contributed by atoms with Gasteiger partial charge in [-0.2, -0.15) is 0 Å². The van der Waals surface area contributed by atoms with Gasteiger partial charge in [0, 0.05) is 11.5 Å². The van der Waals surface area contributed by atoms with Crippen LogP contribution in [0.1, 0.15) is 18.2 Å². The maximum Gasteiger partial charge on any atom is 0.331 e. The van der Waals surface area contributed by atoms with Crippen LogP contribution in [0.15, 0.2) is 60.7 Å². The average molecular weight is 363 g/mol. The number of para-hydroxylation sites is 1. The molecule has 138 valence electrons. The lowest BCUT2D eigenvalue weighted by molar-refractivity contribution is -0.139. The first-order chi connectivity index (χ1) is 13.2. The molecule has 27 heavy (non-hydrogen) atoms. The molecule has 0 aliphatic rings. The number of nitrogens with zero attached hydrogens (tertiary/aromatic N) is 1. The third kappa shape index (κ3) is 4.85. The van der Waals surface area contributed by atoms with Crippen LogP contribution < -0.4 is 9.47 Å². The van der Waals surface area contributed by atoms with Crippen molar-refractivity contribution >= 4 is 22.9 Å². The summed E-state index contributed by atoms with van der Waals surface area (Å²) in [7, 11) is 1.58. The fraction of sp³-hybridized carbons (Fsp3) is 0.182. The van der Waals surface area contributed by atoms with E-state index in [2.05, 4.69) is 4.98 Å². The van der Waals surface area contributed by atoms with Crippen molar-refractivity contribution in [2.24, 2.45) is 0 Å².